The maximum absolute atomic E-state index is 12.5. The van der Waals surface area contributed by atoms with Crippen LogP contribution in [-0.2, 0) is 0 Å². The minimum absolute atomic E-state index is 0.137. The highest BCUT2D eigenvalue weighted by atomic mass is 16.2. The fourth-order valence-electron chi connectivity index (χ4n) is 2.88. The second kappa shape index (κ2) is 6.75. The number of hydrogen-bond acceptors (Lipinski definition) is 3. The number of benzene rings is 1. The Hall–Kier alpha value is -1.55. The summed E-state index contributed by atoms with van der Waals surface area (Å²) < 4.78 is 0. The number of carbonyl (C=O) groups excluding carboxylic acids is 1. The molecule has 1 saturated heterocycles. The summed E-state index contributed by atoms with van der Waals surface area (Å²) in [7, 11) is 0. The van der Waals surface area contributed by atoms with Gasteiger partial charge in [0.25, 0.3) is 5.91 Å². The molecule has 2 rings (SSSR count). The second-order valence-corrected chi connectivity index (χ2v) is 5.95. The van der Waals surface area contributed by atoms with Crippen LogP contribution in [0.5, 0.6) is 0 Å². The van der Waals surface area contributed by atoms with E-state index in [0.717, 1.165) is 43.1 Å². The van der Waals surface area contributed by atoms with Crippen LogP contribution in [0.15, 0.2) is 24.3 Å². The fourth-order valence-corrected chi connectivity index (χ4v) is 2.88. The third-order valence-corrected chi connectivity index (χ3v) is 4.30. The van der Waals surface area contributed by atoms with Crippen molar-refractivity contribution in [3.63, 3.8) is 0 Å². The average molecular weight is 275 g/mol. The van der Waals surface area contributed by atoms with Crippen molar-refractivity contribution >= 4 is 11.6 Å². The van der Waals surface area contributed by atoms with E-state index in [9.17, 15) is 4.79 Å². The van der Waals surface area contributed by atoms with Crippen LogP contribution in [0.2, 0.25) is 0 Å². The summed E-state index contributed by atoms with van der Waals surface area (Å²) in [4.78, 5) is 14.5. The van der Waals surface area contributed by atoms with Gasteiger partial charge in [-0.25, -0.2) is 0 Å². The van der Waals surface area contributed by atoms with Gasteiger partial charge in [0.1, 0.15) is 0 Å². The molecule has 4 heteroatoms. The van der Waals surface area contributed by atoms with Gasteiger partial charge in [-0.15, -0.1) is 0 Å². The van der Waals surface area contributed by atoms with Gasteiger partial charge < -0.3 is 10.3 Å². The molecule has 1 unspecified atom stereocenters. The Kier molecular flexibility index (Phi) is 5.01. The third-order valence-electron chi connectivity index (χ3n) is 4.30. The summed E-state index contributed by atoms with van der Waals surface area (Å²) >= 11 is 0. The predicted molar refractivity (Wildman–Crippen MR) is 82.3 cm³/mol. The van der Waals surface area contributed by atoms with Crippen LogP contribution < -0.4 is 11.3 Å². The molecule has 0 spiro atoms. The number of rotatable bonds is 3. The molecule has 0 bridgehead atoms. The van der Waals surface area contributed by atoms with E-state index < -0.39 is 0 Å². The first-order valence-corrected chi connectivity index (χ1v) is 7.47. The topological polar surface area (TPSA) is 58.4 Å². The van der Waals surface area contributed by atoms with Gasteiger partial charge in [-0.05, 0) is 55.4 Å². The lowest BCUT2D eigenvalue weighted by Gasteiger charge is -2.21. The molecule has 1 heterocycles. The molecule has 1 aliphatic rings. The number of nitrogens with zero attached hydrogens (tertiary/aromatic N) is 1. The molecule has 110 valence electrons. The summed E-state index contributed by atoms with van der Waals surface area (Å²) in [6.45, 7) is 6.30. The molecular weight excluding hydrogens is 250 g/mol. The minimum Gasteiger partial charge on any atom is -0.339 e. The van der Waals surface area contributed by atoms with Crippen molar-refractivity contribution in [1.29, 1.82) is 0 Å². The molecule has 1 atom stereocenters. The molecular formula is C16H25N3O. The average Bonchev–Trinajstić information content (AvgIpc) is 2.72. The number of anilines is 1. The highest BCUT2D eigenvalue weighted by Gasteiger charge is 2.22. The number of hydrazine groups is 1. The molecule has 1 aliphatic heterocycles. The second-order valence-electron chi connectivity index (χ2n) is 5.95. The zero-order valence-electron chi connectivity index (χ0n) is 12.4. The lowest BCUT2D eigenvalue weighted by atomic mass is 9.89. The van der Waals surface area contributed by atoms with E-state index in [2.05, 4.69) is 19.3 Å². The normalized spacial score (nSPS) is 19.8. The Morgan fingerprint density at radius 1 is 1.25 bits per heavy atom. The number of nitrogens with one attached hydrogen (secondary N) is 1. The van der Waals surface area contributed by atoms with Crippen molar-refractivity contribution in [2.24, 2.45) is 17.7 Å². The van der Waals surface area contributed by atoms with E-state index in [-0.39, 0.29) is 5.91 Å². The first kappa shape index (κ1) is 14.9. The Labute approximate surface area is 121 Å². The Morgan fingerprint density at radius 3 is 2.55 bits per heavy atom. The standard InChI is InChI=1S/C16H25N3O/c1-12(2)13-4-3-10-19(11-9-13)16(20)14-5-7-15(18-17)8-6-14/h5-8,12-13,18H,3-4,9-11,17H2,1-2H3. The van der Waals surface area contributed by atoms with Crippen molar-refractivity contribution in [3.05, 3.63) is 29.8 Å². The molecule has 3 N–H and O–H groups in total. The van der Waals surface area contributed by atoms with Crippen LogP contribution in [0, 0.1) is 11.8 Å². The van der Waals surface area contributed by atoms with Crippen molar-refractivity contribution < 1.29 is 4.79 Å². The molecule has 1 aromatic rings. The highest BCUT2D eigenvalue weighted by Crippen LogP contribution is 2.25. The van der Waals surface area contributed by atoms with E-state index in [0.29, 0.717) is 5.92 Å². The van der Waals surface area contributed by atoms with Crippen LogP contribution in [0.4, 0.5) is 5.69 Å². The highest BCUT2D eigenvalue weighted by molar-refractivity contribution is 5.94. The number of carbonyl (C=O) groups is 1. The predicted octanol–water partition coefficient (Wildman–Crippen LogP) is 2.87. The Bertz CT molecular complexity index is 442. The van der Waals surface area contributed by atoms with Gasteiger partial charge in [0.05, 0.1) is 0 Å². The first-order chi connectivity index (χ1) is 9.61. The monoisotopic (exact) mass is 275 g/mol. The maximum Gasteiger partial charge on any atom is 0.253 e. The van der Waals surface area contributed by atoms with Gasteiger partial charge in [-0.3, -0.25) is 10.6 Å². The summed E-state index contributed by atoms with van der Waals surface area (Å²) in [6.07, 6.45) is 3.46. The number of likely N-dealkylation sites (tertiary alicyclic amines) is 1. The van der Waals surface area contributed by atoms with Gasteiger partial charge in [0.15, 0.2) is 0 Å². The van der Waals surface area contributed by atoms with Crippen LogP contribution in [0.1, 0.15) is 43.5 Å². The third kappa shape index (κ3) is 3.51. The van der Waals surface area contributed by atoms with Crippen molar-refractivity contribution in [3.8, 4) is 0 Å². The van der Waals surface area contributed by atoms with Crippen molar-refractivity contribution in [2.45, 2.75) is 33.1 Å². The summed E-state index contributed by atoms with van der Waals surface area (Å²) in [5.74, 6) is 6.93. The Balaban J connectivity index is 2.01. The van der Waals surface area contributed by atoms with E-state index in [4.69, 9.17) is 5.84 Å². The molecule has 1 aromatic carbocycles. The van der Waals surface area contributed by atoms with E-state index in [1.54, 1.807) is 0 Å². The summed E-state index contributed by atoms with van der Waals surface area (Å²) in [5.41, 5.74) is 4.14. The van der Waals surface area contributed by atoms with Gasteiger partial charge >= 0.3 is 0 Å². The molecule has 1 amide bonds. The zero-order valence-corrected chi connectivity index (χ0v) is 12.4. The number of amides is 1. The lowest BCUT2D eigenvalue weighted by Crippen LogP contribution is -2.32. The number of nitrogen functional groups attached to an aromatic ring is 1. The Morgan fingerprint density at radius 2 is 1.95 bits per heavy atom. The van der Waals surface area contributed by atoms with Crippen molar-refractivity contribution in [2.75, 3.05) is 18.5 Å². The molecule has 4 nitrogen and oxygen atoms in total. The van der Waals surface area contributed by atoms with Crippen LogP contribution in [0.25, 0.3) is 0 Å². The van der Waals surface area contributed by atoms with Gasteiger partial charge in [0, 0.05) is 24.3 Å². The number of hydrogen-bond donors (Lipinski definition) is 2. The van der Waals surface area contributed by atoms with Crippen LogP contribution in [0.3, 0.4) is 0 Å². The van der Waals surface area contributed by atoms with E-state index in [1.807, 2.05) is 29.2 Å². The van der Waals surface area contributed by atoms with Gasteiger partial charge in [-0.1, -0.05) is 13.8 Å². The fraction of sp³-hybridized carbons (Fsp3) is 0.562. The summed E-state index contributed by atoms with van der Waals surface area (Å²) in [6, 6.07) is 7.34. The lowest BCUT2D eigenvalue weighted by molar-refractivity contribution is 0.0759. The molecule has 20 heavy (non-hydrogen) atoms. The molecule has 0 aliphatic carbocycles. The van der Waals surface area contributed by atoms with Crippen LogP contribution in [-0.4, -0.2) is 23.9 Å². The number of nitrogens with two attached hydrogens (primary N) is 1. The van der Waals surface area contributed by atoms with E-state index in [1.165, 1.54) is 6.42 Å². The largest absolute Gasteiger partial charge is 0.339 e. The summed E-state index contributed by atoms with van der Waals surface area (Å²) in [5, 5.41) is 0. The smallest absolute Gasteiger partial charge is 0.253 e. The molecule has 0 aromatic heterocycles. The quantitative estimate of drug-likeness (QED) is 0.659. The molecule has 0 saturated carbocycles. The SMILES string of the molecule is CC(C)C1CCCN(C(=O)c2ccc(NN)cc2)CC1. The maximum atomic E-state index is 12.5. The molecule has 0 radical (unpaired) electrons. The van der Waals surface area contributed by atoms with Crippen LogP contribution >= 0.6 is 0 Å². The van der Waals surface area contributed by atoms with Gasteiger partial charge in [-0.2, -0.15) is 0 Å². The van der Waals surface area contributed by atoms with Crippen molar-refractivity contribution in [1.82, 2.24) is 4.90 Å². The zero-order chi connectivity index (χ0) is 14.5. The minimum atomic E-state index is 0.137. The van der Waals surface area contributed by atoms with Gasteiger partial charge in [0.2, 0.25) is 0 Å². The first-order valence-electron chi connectivity index (χ1n) is 7.47. The molecule has 1 fully saturated rings. The van der Waals surface area contributed by atoms with E-state index >= 15 is 0 Å².